The van der Waals surface area contributed by atoms with Gasteiger partial charge < -0.3 is 10.4 Å². The number of thiophene rings is 1. The van der Waals surface area contributed by atoms with Gasteiger partial charge in [0.05, 0.1) is 10.2 Å². The third-order valence-corrected chi connectivity index (χ3v) is 5.19. The van der Waals surface area contributed by atoms with Crippen LogP contribution in [0.3, 0.4) is 0 Å². The van der Waals surface area contributed by atoms with Crippen LogP contribution in [0.2, 0.25) is 0 Å². The molecule has 0 bridgehead atoms. The molecule has 0 aliphatic carbocycles. The fraction of sp³-hybridized carbons (Fsp3) is 0.100. The van der Waals surface area contributed by atoms with Crippen LogP contribution in [-0.2, 0) is 6.42 Å². The first kappa shape index (κ1) is 15.6. The minimum Gasteiger partial charge on any atom is -0.508 e. The van der Waals surface area contributed by atoms with E-state index in [0.29, 0.717) is 5.75 Å². The fourth-order valence-electron chi connectivity index (χ4n) is 2.71. The minimum atomic E-state index is 0.293. The molecule has 0 fully saturated rings. The van der Waals surface area contributed by atoms with E-state index in [4.69, 9.17) is 0 Å². The number of rotatable bonds is 5. The maximum absolute atomic E-state index is 9.34. The van der Waals surface area contributed by atoms with Gasteiger partial charge in [0.15, 0.2) is 0 Å². The van der Waals surface area contributed by atoms with E-state index >= 15 is 0 Å². The molecule has 0 unspecified atom stereocenters. The molecule has 0 aliphatic heterocycles. The van der Waals surface area contributed by atoms with Crippen LogP contribution in [0.1, 0.15) is 5.56 Å². The van der Waals surface area contributed by atoms with E-state index in [1.54, 1.807) is 29.8 Å². The average Bonchev–Trinajstić information content (AvgIpc) is 3.09. The summed E-state index contributed by atoms with van der Waals surface area (Å²) in [7, 11) is 0. The number of nitrogens with zero attached hydrogens (tertiary/aromatic N) is 2. The molecular formula is C20H17N3OS. The summed E-state index contributed by atoms with van der Waals surface area (Å²) in [6.07, 6.45) is 2.47. The highest BCUT2D eigenvalue weighted by molar-refractivity contribution is 7.22. The van der Waals surface area contributed by atoms with Gasteiger partial charge in [-0.1, -0.05) is 42.5 Å². The first-order chi connectivity index (χ1) is 12.3. The summed E-state index contributed by atoms with van der Waals surface area (Å²) >= 11 is 1.70. The zero-order valence-corrected chi connectivity index (χ0v) is 14.3. The van der Waals surface area contributed by atoms with E-state index in [2.05, 4.69) is 33.5 Å². The summed E-state index contributed by atoms with van der Waals surface area (Å²) in [5.41, 5.74) is 3.33. The normalized spacial score (nSPS) is 10.9. The second-order valence-corrected chi connectivity index (χ2v) is 6.81. The number of nitrogens with one attached hydrogen (secondary N) is 1. The lowest BCUT2D eigenvalue weighted by Crippen LogP contribution is -2.06. The number of aromatic nitrogens is 2. The molecule has 4 rings (SSSR count). The number of benzene rings is 2. The van der Waals surface area contributed by atoms with E-state index in [-0.39, 0.29) is 0 Å². The maximum Gasteiger partial charge on any atom is 0.147 e. The van der Waals surface area contributed by atoms with Crippen LogP contribution >= 0.6 is 11.3 Å². The van der Waals surface area contributed by atoms with Crippen LogP contribution in [0, 0.1) is 0 Å². The van der Waals surface area contributed by atoms with E-state index in [9.17, 15) is 5.11 Å². The van der Waals surface area contributed by atoms with Crippen LogP contribution < -0.4 is 5.32 Å². The number of aromatic hydroxyl groups is 1. The Balaban J connectivity index is 1.53. The number of anilines is 1. The number of phenolic OH excluding ortho intramolecular Hbond substituents is 1. The Labute approximate surface area is 149 Å². The predicted octanol–water partition coefficient (Wildman–Crippen LogP) is 4.72. The van der Waals surface area contributed by atoms with Crippen molar-refractivity contribution in [1.82, 2.24) is 9.97 Å². The second kappa shape index (κ2) is 6.91. The van der Waals surface area contributed by atoms with Crippen molar-refractivity contribution in [2.24, 2.45) is 0 Å². The zero-order valence-electron chi connectivity index (χ0n) is 13.5. The summed E-state index contributed by atoms with van der Waals surface area (Å²) in [4.78, 5) is 10.00. The smallest absolute Gasteiger partial charge is 0.147 e. The van der Waals surface area contributed by atoms with Gasteiger partial charge in [-0.15, -0.1) is 11.3 Å². The van der Waals surface area contributed by atoms with Gasteiger partial charge >= 0.3 is 0 Å². The molecule has 2 N–H and O–H groups in total. The Morgan fingerprint density at radius 2 is 1.76 bits per heavy atom. The minimum absolute atomic E-state index is 0.293. The van der Waals surface area contributed by atoms with Gasteiger partial charge in [-0.2, -0.15) is 0 Å². The van der Waals surface area contributed by atoms with E-state index in [0.717, 1.165) is 29.0 Å². The molecule has 25 heavy (non-hydrogen) atoms. The first-order valence-electron chi connectivity index (χ1n) is 8.11. The topological polar surface area (TPSA) is 58.0 Å². The van der Waals surface area contributed by atoms with Gasteiger partial charge in [-0.25, -0.2) is 9.97 Å². The van der Waals surface area contributed by atoms with Crippen molar-refractivity contribution < 1.29 is 5.11 Å². The molecular weight excluding hydrogens is 330 g/mol. The van der Waals surface area contributed by atoms with Gasteiger partial charge in [0.1, 0.15) is 17.9 Å². The lowest BCUT2D eigenvalue weighted by Gasteiger charge is -2.06. The van der Waals surface area contributed by atoms with Gasteiger partial charge in [0, 0.05) is 11.4 Å². The Morgan fingerprint density at radius 1 is 0.960 bits per heavy atom. The molecule has 4 nitrogen and oxygen atoms in total. The Hall–Kier alpha value is -2.92. The molecule has 124 valence electrons. The number of hydrogen-bond acceptors (Lipinski definition) is 5. The second-order valence-electron chi connectivity index (χ2n) is 5.76. The third kappa shape index (κ3) is 3.46. The Morgan fingerprint density at radius 3 is 2.56 bits per heavy atom. The van der Waals surface area contributed by atoms with Crippen molar-refractivity contribution in [2.75, 3.05) is 11.9 Å². The predicted molar refractivity (Wildman–Crippen MR) is 103 cm³/mol. The highest BCUT2D eigenvalue weighted by Gasteiger charge is 2.09. The number of hydrogen-bond donors (Lipinski definition) is 2. The Kier molecular flexibility index (Phi) is 4.31. The Bertz CT molecular complexity index is 981. The molecule has 5 heteroatoms. The molecule has 0 aliphatic rings. The van der Waals surface area contributed by atoms with Gasteiger partial charge in [0.2, 0.25) is 0 Å². The fourth-order valence-corrected chi connectivity index (χ4v) is 3.80. The van der Waals surface area contributed by atoms with Crippen molar-refractivity contribution in [1.29, 1.82) is 0 Å². The molecule has 0 spiro atoms. The highest BCUT2D eigenvalue weighted by atomic mass is 32.1. The summed E-state index contributed by atoms with van der Waals surface area (Å²) in [5.74, 6) is 1.16. The van der Waals surface area contributed by atoms with Crippen LogP contribution in [0.5, 0.6) is 5.75 Å². The molecule has 0 amide bonds. The van der Waals surface area contributed by atoms with E-state index in [1.807, 2.05) is 30.3 Å². The van der Waals surface area contributed by atoms with E-state index in [1.165, 1.54) is 16.0 Å². The SMILES string of the molecule is Oc1ccc(CCNc2ncnc3cc(-c4ccccc4)sc23)cc1. The third-order valence-electron chi connectivity index (χ3n) is 4.01. The molecule has 0 saturated heterocycles. The number of phenols is 1. The maximum atomic E-state index is 9.34. The zero-order chi connectivity index (χ0) is 17.1. The number of fused-ring (bicyclic) bond motifs is 1. The van der Waals surface area contributed by atoms with Gasteiger partial charge in [-0.05, 0) is 35.7 Å². The van der Waals surface area contributed by atoms with Gasteiger partial charge in [-0.3, -0.25) is 0 Å². The van der Waals surface area contributed by atoms with Crippen LogP contribution in [-0.4, -0.2) is 21.6 Å². The van der Waals surface area contributed by atoms with E-state index < -0.39 is 0 Å². The van der Waals surface area contributed by atoms with Crippen LogP contribution in [0.4, 0.5) is 5.82 Å². The van der Waals surface area contributed by atoms with Crippen molar-refractivity contribution in [2.45, 2.75) is 6.42 Å². The molecule has 0 atom stereocenters. The van der Waals surface area contributed by atoms with Crippen molar-refractivity contribution in [3.8, 4) is 16.2 Å². The lowest BCUT2D eigenvalue weighted by atomic mass is 10.1. The van der Waals surface area contributed by atoms with Crippen molar-refractivity contribution in [3.63, 3.8) is 0 Å². The molecule has 2 aromatic heterocycles. The standard InChI is InChI=1S/C20H17N3OS/c24-16-8-6-14(7-9-16)10-11-21-20-19-17(22-13-23-20)12-18(25-19)15-4-2-1-3-5-15/h1-9,12-13,24H,10-11H2,(H,21,22,23). The van der Waals surface area contributed by atoms with Gasteiger partial charge in [0.25, 0.3) is 0 Å². The first-order valence-corrected chi connectivity index (χ1v) is 8.93. The molecule has 2 heterocycles. The lowest BCUT2D eigenvalue weighted by molar-refractivity contribution is 0.475. The summed E-state index contributed by atoms with van der Waals surface area (Å²) in [5, 5.41) is 12.8. The van der Waals surface area contributed by atoms with Crippen molar-refractivity contribution in [3.05, 3.63) is 72.6 Å². The largest absolute Gasteiger partial charge is 0.508 e. The highest BCUT2D eigenvalue weighted by Crippen LogP contribution is 2.35. The van der Waals surface area contributed by atoms with Crippen LogP contribution in [0.15, 0.2) is 67.0 Å². The summed E-state index contributed by atoms with van der Waals surface area (Å²) < 4.78 is 1.08. The molecule has 0 saturated carbocycles. The monoisotopic (exact) mass is 347 g/mol. The van der Waals surface area contributed by atoms with Crippen molar-refractivity contribution >= 4 is 27.4 Å². The molecule has 0 radical (unpaired) electrons. The average molecular weight is 347 g/mol. The van der Waals surface area contributed by atoms with Crippen LogP contribution in [0.25, 0.3) is 20.7 Å². The quantitative estimate of drug-likeness (QED) is 0.548. The molecule has 4 aromatic rings. The summed E-state index contributed by atoms with van der Waals surface area (Å²) in [6.45, 7) is 0.773. The summed E-state index contributed by atoms with van der Waals surface area (Å²) in [6, 6.07) is 19.7. The molecule has 2 aromatic carbocycles.